The van der Waals surface area contributed by atoms with Crippen LogP contribution in [0.25, 0.3) is 0 Å². The number of hydrogen-bond acceptors (Lipinski definition) is 4. The van der Waals surface area contributed by atoms with Gasteiger partial charge in [-0.2, -0.15) is 0 Å². The number of benzene rings is 2. The van der Waals surface area contributed by atoms with Crippen molar-refractivity contribution in [1.82, 2.24) is 5.32 Å². The summed E-state index contributed by atoms with van der Waals surface area (Å²) in [5, 5.41) is 3.51. The van der Waals surface area contributed by atoms with Crippen LogP contribution in [0.5, 0.6) is 11.5 Å². The van der Waals surface area contributed by atoms with Crippen LogP contribution in [0.3, 0.4) is 0 Å². The number of nitrogens with one attached hydrogen (secondary N) is 1. The second kappa shape index (κ2) is 10.4. The first-order valence-electron chi connectivity index (χ1n) is 10.5. The van der Waals surface area contributed by atoms with Gasteiger partial charge in [-0.15, -0.1) is 25.6 Å². The van der Waals surface area contributed by atoms with Gasteiger partial charge in [0.2, 0.25) is 0 Å². The van der Waals surface area contributed by atoms with Gasteiger partial charge >= 0.3 is 6.36 Å². The maximum Gasteiger partial charge on any atom is 0.573 e. The zero-order valence-electron chi connectivity index (χ0n) is 17.6. The fourth-order valence-corrected chi connectivity index (χ4v) is 4.74. The molecule has 0 aliphatic carbocycles. The summed E-state index contributed by atoms with van der Waals surface area (Å²) in [5.74, 6) is -0.629. The summed E-state index contributed by atoms with van der Waals surface area (Å²) in [4.78, 5) is 0. The Morgan fingerprint density at radius 3 is 2.58 bits per heavy atom. The Hall–Kier alpha value is -2.10. The molecule has 2 aromatic rings. The molecule has 2 aliphatic rings. The van der Waals surface area contributed by atoms with Gasteiger partial charge in [0.05, 0.1) is 18.2 Å². The van der Waals surface area contributed by atoms with E-state index in [4.69, 9.17) is 9.47 Å². The summed E-state index contributed by atoms with van der Waals surface area (Å²) in [6.45, 7) is 0.220. The van der Waals surface area contributed by atoms with E-state index < -0.39 is 30.7 Å². The van der Waals surface area contributed by atoms with E-state index in [0.29, 0.717) is 12.0 Å². The van der Waals surface area contributed by atoms with Crippen molar-refractivity contribution in [2.75, 3.05) is 19.8 Å². The van der Waals surface area contributed by atoms with Crippen LogP contribution in [0, 0.1) is 0 Å². The van der Waals surface area contributed by atoms with E-state index in [0.717, 1.165) is 31.0 Å². The second-order valence-electron chi connectivity index (χ2n) is 8.13. The molecule has 2 aliphatic heterocycles. The lowest BCUT2D eigenvalue weighted by Gasteiger charge is -2.41. The molecular formula is C23H25ClF5NO3. The molecule has 2 saturated heterocycles. The predicted molar refractivity (Wildman–Crippen MR) is 114 cm³/mol. The molecule has 2 heterocycles. The molecule has 33 heavy (non-hydrogen) atoms. The highest BCUT2D eigenvalue weighted by atomic mass is 35.5. The maximum absolute atomic E-state index is 12.7. The number of halogens is 6. The maximum atomic E-state index is 12.7. The third kappa shape index (κ3) is 6.07. The Kier molecular flexibility index (Phi) is 8.08. The van der Waals surface area contributed by atoms with E-state index in [1.54, 1.807) is 0 Å². The monoisotopic (exact) mass is 493 g/mol. The molecule has 0 amide bonds. The van der Waals surface area contributed by atoms with Gasteiger partial charge < -0.3 is 19.5 Å². The van der Waals surface area contributed by atoms with Gasteiger partial charge in [-0.05, 0) is 49.6 Å². The third-order valence-corrected chi connectivity index (χ3v) is 5.97. The Morgan fingerprint density at radius 1 is 1.12 bits per heavy atom. The molecule has 0 bridgehead atoms. The first kappa shape index (κ1) is 25.5. The number of ether oxygens (including phenoxy) is 3. The zero-order chi connectivity index (χ0) is 22.8. The van der Waals surface area contributed by atoms with Crippen molar-refractivity contribution in [2.24, 2.45) is 0 Å². The zero-order valence-corrected chi connectivity index (χ0v) is 18.4. The minimum absolute atomic E-state index is 0. The Labute approximate surface area is 194 Å². The van der Waals surface area contributed by atoms with E-state index in [-0.39, 0.29) is 36.7 Å². The highest BCUT2D eigenvalue weighted by molar-refractivity contribution is 5.85. The van der Waals surface area contributed by atoms with Crippen LogP contribution >= 0.6 is 12.4 Å². The van der Waals surface area contributed by atoms with Crippen molar-refractivity contribution in [3.05, 3.63) is 59.7 Å². The van der Waals surface area contributed by atoms with Crippen LogP contribution in [-0.2, 0) is 4.74 Å². The topological polar surface area (TPSA) is 39.7 Å². The third-order valence-electron chi connectivity index (χ3n) is 5.97. The summed E-state index contributed by atoms with van der Waals surface area (Å²) in [6, 6.07) is 13.3. The molecule has 3 atom stereocenters. The lowest BCUT2D eigenvalue weighted by atomic mass is 9.77. The van der Waals surface area contributed by atoms with Crippen molar-refractivity contribution in [3.8, 4) is 11.5 Å². The smallest absolute Gasteiger partial charge is 0.487 e. The average molecular weight is 494 g/mol. The number of alkyl halides is 5. The molecule has 2 aromatic carbocycles. The van der Waals surface area contributed by atoms with Crippen LogP contribution in [0.2, 0.25) is 0 Å². The first-order valence-corrected chi connectivity index (χ1v) is 10.5. The molecule has 1 N–H and O–H groups in total. The number of piperidine rings is 1. The predicted octanol–water partition coefficient (Wildman–Crippen LogP) is 6.02. The van der Waals surface area contributed by atoms with Crippen molar-refractivity contribution in [2.45, 2.75) is 49.6 Å². The molecule has 0 aromatic heterocycles. The van der Waals surface area contributed by atoms with Gasteiger partial charge in [-0.25, -0.2) is 8.78 Å². The average Bonchev–Trinajstić information content (AvgIpc) is 3.16. The van der Waals surface area contributed by atoms with E-state index in [1.165, 1.54) is 12.1 Å². The highest BCUT2D eigenvalue weighted by Crippen LogP contribution is 2.50. The Morgan fingerprint density at radius 2 is 1.88 bits per heavy atom. The van der Waals surface area contributed by atoms with E-state index in [2.05, 4.69) is 10.1 Å². The standard InChI is InChI=1S/C23H24F5NO3.ClH/c24-20(25)14-30-19-8-7-17(32-23(26,27)28)11-18(19)16-12-22(31-13-16)9-4-10-29-21(22)15-5-2-1-3-6-15;/h1-3,5-8,11,16,20-21,29H,4,9-10,12-14H2;1H/t16-,21-,22+;/m0./s1. The Bertz CT molecular complexity index is 915. The molecule has 1 spiro atoms. The fraction of sp³-hybridized carbons (Fsp3) is 0.478. The summed E-state index contributed by atoms with van der Waals surface area (Å²) in [6.07, 6.45) is -5.38. The SMILES string of the molecule is Cl.FC(F)COc1ccc(OC(F)(F)F)cc1[C@@H]1CO[C@]2(CCCN[C@H]2c2ccccc2)C1. The molecule has 2 fully saturated rings. The van der Waals surface area contributed by atoms with Crippen molar-refractivity contribution in [1.29, 1.82) is 0 Å². The summed E-state index contributed by atoms with van der Waals surface area (Å²) in [7, 11) is 0. The van der Waals surface area contributed by atoms with Gasteiger partial charge in [-0.3, -0.25) is 0 Å². The molecule has 0 unspecified atom stereocenters. The van der Waals surface area contributed by atoms with Gasteiger partial charge in [0.25, 0.3) is 6.43 Å². The largest absolute Gasteiger partial charge is 0.573 e. The normalized spacial score (nSPS) is 25.2. The number of rotatable bonds is 6. The first-order chi connectivity index (χ1) is 15.3. The van der Waals surface area contributed by atoms with Gasteiger partial charge in [0, 0.05) is 11.5 Å². The van der Waals surface area contributed by atoms with Crippen LogP contribution in [0.4, 0.5) is 22.0 Å². The van der Waals surface area contributed by atoms with E-state index in [1.807, 2.05) is 30.3 Å². The second-order valence-corrected chi connectivity index (χ2v) is 8.13. The van der Waals surface area contributed by atoms with Crippen molar-refractivity contribution in [3.63, 3.8) is 0 Å². The number of hydrogen-bond donors (Lipinski definition) is 1. The molecule has 182 valence electrons. The van der Waals surface area contributed by atoms with Crippen molar-refractivity contribution < 1.29 is 36.2 Å². The molecular weight excluding hydrogens is 469 g/mol. The Balaban J connectivity index is 0.00000306. The summed E-state index contributed by atoms with van der Waals surface area (Å²) in [5.41, 5.74) is 0.892. The lowest BCUT2D eigenvalue weighted by Crippen LogP contribution is -2.48. The quantitative estimate of drug-likeness (QED) is 0.500. The molecule has 0 radical (unpaired) electrons. The van der Waals surface area contributed by atoms with Gasteiger partial charge in [0.15, 0.2) is 0 Å². The van der Waals surface area contributed by atoms with Crippen LogP contribution in [0.15, 0.2) is 48.5 Å². The van der Waals surface area contributed by atoms with Gasteiger partial charge in [0.1, 0.15) is 18.1 Å². The molecule has 4 rings (SSSR count). The minimum atomic E-state index is -4.86. The molecule has 4 nitrogen and oxygen atoms in total. The van der Waals surface area contributed by atoms with Gasteiger partial charge in [-0.1, -0.05) is 30.3 Å². The van der Waals surface area contributed by atoms with Crippen LogP contribution < -0.4 is 14.8 Å². The van der Waals surface area contributed by atoms with E-state index in [9.17, 15) is 22.0 Å². The minimum Gasteiger partial charge on any atom is -0.487 e. The molecule has 0 saturated carbocycles. The fourth-order valence-electron chi connectivity index (χ4n) is 4.74. The highest BCUT2D eigenvalue weighted by Gasteiger charge is 2.49. The summed E-state index contributed by atoms with van der Waals surface area (Å²) >= 11 is 0. The molecule has 10 heteroatoms. The van der Waals surface area contributed by atoms with Crippen molar-refractivity contribution >= 4 is 12.4 Å². The lowest BCUT2D eigenvalue weighted by molar-refractivity contribution is -0.274. The van der Waals surface area contributed by atoms with E-state index >= 15 is 0 Å². The summed E-state index contributed by atoms with van der Waals surface area (Å²) < 4.78 is 79.3. The van der Waals surface area contributed by atoms with Crippen LogP contribution in [0.1, 0.15) is 42.3 Å². The van der Waals surface area contributed by atoms with Crippen LogP contribution in [-0.4, -0.2) is 38.1 Å².